The summed E-state index contributed by atoms with van der Waals surface area (Å²) >= 11 is 0. The maximum Gasteiger partial charge on any atom is 0.307 e. The van der Waals surface area contributed by atoms with Crippen LogP contribution >= 0.6 is 0 Å². The minimum atomic E-state index is -0.765. The Labute approximate surface area is 107 Å². The minimum absolute atomic E-state index is 0.241. The predicted octanol–water partition coefficient (Wildman–Crippen LogP) is 1.17. The summed E-state index contributed by atoms with van der Waals surface area (Å²) in [5.74, 6) is -0.661. The number of hydrogen-bond donors (Lipinski definition) is 2. The zero-order chi connectivity index (χ0) is 13.0. The molecule has 1 unspecified atom stereocenters. The Bertz CT molecular complexity index is 388. The molecule has 4 nitrogen and oxygen atoms in total. The van der Waals surface area contributed by atoms with E-state index in [0.29, 0.717) is 12.3 Å². The molecule has 2 rings (SSSR count). The van der Waals surface area contributed by atoms with Crippen LogP contribution < -0.4 is 5.73 Å². The number of hydrogen-bond acceptors (Lipinski definition) is 3. The first kappa shape index (κ1) is 13.1. The van der Waals surface area contributed by atoms with E-state index in [2.05, 4.69) is 17.0 Å². The van der Waals surface area contributed by atoms with Crippen LogP contribution in [0, 0.1) is 11.8 Å². The first-order chi connectivity index (χ1) is 8.69. The molecule has 0 spiro atoms. The van der Waals surface area contributed by atoms with E-state index < -0.39 is 5.97 Å². The van der Waals surface area contributed by atoms with Gasteiger partial charge in [0.15, 0.2) is 0 Å². The second-order valence-corrected chi connectivity index (χ2v) is 5.05. The molecule has 1 aliphatic rings. The van der Waals surface area contributed by atoms with Gasteiger partial charge >= 0.3 is 5.97 Å². The van der Waals surface area contributed by atoms with Crippen LogP contribution in [0.3, 0.4) is 0 Å². The molecule has 1 heterocycles. The Morgan fingerprint density at radius 2 is 2.06 bits per heavy atom. The van der Waals surface area contributed by atoms with Crippen molar-refractivity contribution in [2.75, 3.05) is 19.6 Å². The Morgan fingerprint density at radius 3 is 2.61 bits per heavy atom. The van der Waals surface area contributed by atoms with Crippen molar-refractivity contribution in [2.45, 2.75) is 13.0 Å². The number of carbonyl (C=O) groups is 1. The summed E-state index contributed by atoms with van der Waals surface area (Å²) < 4.78 is 0. The highest BCUT2D eigenvalue weighted by Crippen LogP contribution is 2.24. The lowest BCUT2D eigenvalue weighted by atomic mass is 9.88. The Morgan fingerprint density at radius 1 is 1.39 bits per heavy atom. The third kappa shape index (κ3) is 3.31. The molecule has 0 bridgehead atoms. The molecule has 1 aromatic rings. The van der Waals surface area contributed by atoms with Gasteiger partial charge in [-0.05, 0) is 17.9 Å². The molecule has 1 aliphatic heterocycles. The van der Waals surface area contributed by atoms with E-state index in [9.17, 15) is 4.79 Å². The summed E-state index contributed by atoms with van der Waals surface area (Å²) in [5, 5.41) is 8.95. The van der Waals surface area contributed by atoms with Crippen LogP contribution in [0.2, 0.25) is 0 Å². The van der Waals surface area contributed by atoms with Crippen LogP contribution in [0.1, 0.15) is 12.0 Å². The molecule has 3 N–H and O–H groups in total. The molecule has 1 atom stereocenters. The van der Waals surface area contributed by atoms with E-state index in [0.717, 1.165) is 19.6 Å². The van der Waals surface area contributed by atoms with Crippen molar-refractivity contribution in [3.63, 3.8) is 0 Å². The number of benzene rings is 1. The lowest BCUT2D eigenvalue weighted by Gasteiger charge is -2.40. The molecule has 1 saturated heterocycles. The molecule has 1 fully saturated rings. The van der Waals surface area contributed by atoms with Crippen molar-refractivity contribution in [2.24, 2.45) is 17.6 Å². The average molecular weight is 248 g/mol. The highest BCUT2D eigenvalue weighted by molar-refractivity contribution is 5.70. The number of carboxylic acids is 1. The summed E-state index contributed by atoms with van der Waals surface area (Å²) in [5.41, 5.74) is 6.77. The van der Waals surface area contributed by atoms with Crippen LogP contribution in [0.5, 0.6) is 0 Å². The number of nitrogens with zero attached hydrogens (tertiary/aromatic N) is 1. The zero-order valence-corrected chi connectivity index (χ0v) is 10.5. The van der Waals surface area contributed by atoms with Gasteiger partial charge in [0.25, 0.3) is 0 Å². The van der Waals surface area contributed by atoms with Gasteiger partial charge in [0.1, 0.15) is 0 Å². The second-order valence-electron chi connectivity index (χ2n) is 5.05. The maximum atomic E-state index is 10.9. The van der Waals surface area contributed by atoms with Crippen LogP contribution in [0.15, 0.2) is 30.3 Å². The molecular weight excluding hydrogens is 228 g/mol. The van der Waals surface area contributed by atoms with Gasteiger partial charge in [0.05, 0.1) is 5.92 Å². The Hall–Kier alpha value is -1.39. The fourth-order valence-electron chi connectivity index (χ4n) is 2.50. The van der Waals surface area contributed by atoms with E-state index in [1.165, 1.54) is 5.56 Å². The van der Waals surface area contributed by atoms with Gasteiger partial charge in [0.2, 0.25) is 0 Å². The summed E-state index contributed by atoms with van der Waals surface area (Å²) in [6, 6.07) is 10.3. The molecule has 1 aromatic carbocycles. The first-order valence-corrected chi connectivity index (χ1v) is 6.38. The molecular formula is C14H20N2O2. The third-order valence-electron chi connectivity index (χ3n) is 3.53. The topological polar surface area (TPSA) is 66.6 Å². The largest absolute Gasteiger partial charge is 0.481 e. The predicted molar refractivity (Wildman–Crippen MR) is 70.0 cm³/mol. The molecule has 98 valence electrons. The third-order valence-corrected chi connectivity index (χ3v) is 3.53. The van der Waals surface area contributed by atoms with Gasteiger partial charge in [-0.15, -0.1) is 0 Å². The summed E-state index contributed by atoms with van der Waals surface area (Å²) in [4.78, 5) is 13.2. The van der Waals surface area contributed by atoms with E-state index in [1.807, 2.05) is 18.2 Å². The fraction of sp³-hybridized carbons (Fsp3) is 0.500. The van der Waals surface area contributed by atoms with Crippen molar-refractivity contribution in [1.29, 1.82) is 0 Å². The van der Waals surface area contributed by atoms with Crippen LogP contribution in [-0.4, -0.2) is 35.6 Å². The zero-order valence-electron chi connectivity index (χ0n) is 10.5. The lowest BCUT2D eigenvalue weighted by Crippen LogP contribution is -2.47. The number of nitrogens with two attached hydrogens (primary N) is 1. The van der Waals surface area contributed by atoms with Gasteiger partial charge in [0, 0.05) is 26.2 Å². The van der Waals surface area contributed by atoms with E-state index in [-0.39, 0.29) is 12.5 Å². The van der Waals surface area contributed by atoms with Crippen LogP contribution in [0.4, 0.5) is 0 Å². The van der Waals surface area contributed by atoms with Crippen molar-refractivity contribution >= 4 is 5.97 Å². The maximum absolute atomic E-state index is 10.9. The molecule has 0 saturated carbocycles. The monoisotopic (exact) mass is 248 g/mol. The quantitative estimate of drug-likeness (QED) is 0.793. The van der Waals surface area contributed by atoms with Gasteiger partial charge < -0.3 is 10.8 Å². The lowest BCUT2D eigenvalue weighted by molar-refractivity contribution is -0.142. The second kappa shape index (κ2) is 5.98. The summed E-state index contributed by atoms with van der Waals surface area (Å²) in [6.45, 7) is 3.17. The molecule has 0 aromatic heterocycles. The standard InChI is InChI=1S/C14H20N2O2/c15-7-13(14(17)18)6-12-9-16(10-12)8-11-4-2-1-3-5-11/h1-5,12-13H,6-10,15H2,(H,17,18). The van der Waals surface area contributed by atoms with Crippen molar-refractivity contribution in [3.8, 4) is 0 Å². The Kier molecular flexibility index (Phi) is 4.33. The van der Waals surface area contributed by atoms with Crippen LogP contribution in [0.25, 0.3) is 0 Å². The fourth-order valence-corrected chi connectivity index (χ4v) is 2.50. The SMILES string of the molecule is NCC(CC1CN(Cc2ccccc2)C1)C(=O)O. The number of aliphatic carboxylic acids is 1. The molecule has 0 radical (unpaired) electrons. The number of carboxylic acid groups (broad SMARTS) is 1. The number of likely N-dealkylation sites (tertiary alicyclic amines) is 1. The highest BCUT2D eigenvalue weighted by atomic mass is 16.4. The van der Waals surface area contributed by atoms with E-state index in [1.54, 1.807) is 0 Å². The summed E-state index contributed by atoms with van der Waals surface area (Å²) in [7, 11) is 0. The van der Waals surface area contributed by atoms with Gasteiger partial charge in [-0.25, -0.2) is 0 Å². The molecule has 4 heteroatoms. The average Bonchev–Trinajstić information content (AvgIpc) is 2.32. The van der Waals surface area contributed by atoms with Crippen molar-refractivity contribution in [1.82, 2.24) is 4.90 Å². The van der Waals surface area contributed by atoms with Gasteiger partial charge in [-0.2, -0.15) is 0 Å². The van der Waals surface area contributed by atoms with Crippen molar-refractivity contribution < 1.29 is 9.90 Å². The van der Waals surface area contributed by atoms with Gasteiger partial charge in [-0.3, -0.25) is 9.69 Å². The smallest absolute Gasteiger partial charge is 0.307 e. The van der Waals surface area contributed by atoms with E-state index in [4.69, 9.17) is 10.8 Å². The van der Waals surface area contributed by atoms with Gasteiger partial charge in [-0.1, -0.05) is 30.3 Å². The van der Waals surface area contributed by atoms with Crippen molar-refractivity contribution in [3.05, 3.63) is 35.9 Å². The first-order valence-electron chi connectivity index (χ1n) is 6.38. The normalized spacial score (nSPS) is 18.3. The molecule has 0 amide bonds. The van der Waals surface area contributed by atoms with E-state index >= 15 is 0 Å². The number of rotatable bonds is 6. The van der Waals surface area contributed by atoms with Crippen LogP contribution in [-0.2, 0) is 11.3 Å². The molecule has 0 aliphatic carbocycles. The molecule has 18 heavy (non-hydrogen) atoms. The minimum Gasteiger partial charge on any atom is -0.481 e. The summed E-state index contributed by atoms with van der Waals surface area (Å²) in [6.07, 6.45) is 0.705. The highest BCUT2D eigenvalue weighted by Gasteiger charge is 2.30. The Balaban J connectivity index is 1.72.